The number of aromatic nitrogens is 2. The Labute approximate surface area is 193 Å². The molecule has 1 heterocycles. The molecule has 1 amide bonds. The molecule has 8 nitrogen and oxygen atoms in total. The zero-order valence-electron chi connectivity index (χ0n) is 19.0. The number of benzene rings is 1. The Bertz CT molecular complexity index is 1080. The van der Waals surface area contributed by atoms with Gasteiger partial charge in [0.2, 0.25) is 5.91 Å². The number of amides is 1. The van der Waals surface area contributed by atoms with Crippen LogP contribution in [0.3, 0.4) is 0 Å². The molecule has 2 aromatic rings. The van der Waals surface area contributed by atoms with Crippen LogP contribution >= 0.6 is 0 Å². The van der Waals surface area contributed by atoms with Gasteiger partial charge in [0, 0.05) is 43.7 Å². The zero-order valence-corrected chi connectivity index (χ0v) is 19.0. The van der Waals surface area contributed by atoms with E-state index in [1.807, 2.05) is 0 Å². The highest BCUT2D eigenvalue weighted by atomic mass is 19.1. The minimum atomic E-state index is -0.409. The number of halogens is 1. The molecule has 0 unspecified atom stereocenters. The van der Waals surface area contributed by atoms with Gasteiger partial charge in [0.15, 0.2) is 5.82 Å². The first-order valence-corrected chi connectivity index (χ1v) is 10.8. The molecule has 1 aliphatic rings. The van der Waals surface area contributed by atoms with Crippen molar-refractivity contribution in [3.05, 3.63) is 71.7 Å². The Morgan fingerprint density at radius 3 is 2.91 bits per heavy atom. The summed E-state index contributed by atoms with van der Waals surface area (Å²) in [4.78, 5) is 28.1. The minimum absolute atomic E-state index is 0.0470. The van der Waals surface area contributed by atoms with Crippen LogP contribution in [0.1, 0.15) is 23.5 Å². The first kappa shape index (κ1) is 24.1. The summed E-state index contributed by atoms with van der Waals surface area (Å²) in [7, 11) is 3.45. The van der Waals surface area contributed by atoms with Crippen LogP contribution in [0, 0.1) is 5.82 Å². The molecule has 3 N–H and O–H groups in total. The van der Waals surface area contributed by atoms with Crippen LogP contribution in [0.15, 0.2) is 53.7 Å². The summed E-state index contributed by atoms with van der Waals surface area (Å²) in [6.45, 7) is 4.55. The van der Waals surface area contributed by atoms with Gasteiger partial charge in [-0.05, 0) is 43.5 Å². The normalized spacial score (nSPS) is 13.5. The fourth-order valence-electron chi connectivity index (χ4n) is 3.60. The van der Waals surface area contributed by atoms with Crippen molar-refractivity contribution in [2.24, 2.45) is 10.7 Å². The predicted octanol–water partition coefficient (Wildman–Crippen LogP) is 2.64. The molecule has 174 valence electrons. The highest BCUT2D eigenvalue weighted by Crippen LogP contribution is 2.28. The molecule has 0 spiro atoms. The number of aryl methyl sites for hydroxylation is 1. The molecule has 33 heavy (non-hydrogen) atoms. The predicted molar refractivity (Wildman–Crippen MR) is 128 cm³/mol. The van der Waals surface area contributed by atoms with Crippen LogP contribution in [0.2, 0.25) is 0 Å². The van der Waals surface area contributed by atoms with Gasteiger partial charge >= 0.3 is 0 Å². The van der Waals surface area contributed by atoms with Gasteiger partial charge in [0.05, 0.1) is 6.54 Å². The molecule has 3 rings (SSSR count). The van der Waals surface area contributed by atoms with Crippen LogP contribution in [0.5, 0.6) is 0 Å². The third-order valence-corrected chi connectivity index (χ3v) is 5.10. The number of likely N-dealkylation sites (N-methyl/N-ethyl adjacent to an activating group) is 1. The van der Waals surface area contributed by atoms with Gasteiger partial charge in [0.25, 0.3) is 0 Å². The lowest BCUT2D eigenvalue weighted by Crippen LogP contribution is -2.32. The fourth-order valence-corrected chi connectivity index (χ4v) is 3.60. The third-order valence-electron chi connectivity index (χ3n) is 5.10. The molecule has 1 aliphatic carbocycles. The summed E-state index contributed by atoms with van der Waals surface area (Å²) in [6, 6.07) is 5.79. The molecule has 0 radical (unpaired) electrons. The Kier molecular flexibility index (Phi) is 8.26. The van der Waals surface area contributed by atoms with Gasteiger partial charge in [-0.1, -0.05) is 12.6 Å². The van der Waals surface area contributed by atoms with Crippen molar-refractivity contribution in [2.75, 3.05) is 44.0 Å². The van der Waals surface area contributed by atoms with Crippen molar-refractivity contribution in [3.63, 3.8) is 0 Å². The summed E-state index contributed by atoms with van der Waals surface area (Å²) in [5.74, 6) is 0.965. The maximum absolute atomic E-state index is 13.4. The molecule has 9 heteroatoms. The number of hydrogen-bond donors (Lipinski definition) is 2. The lowest BCUT2D eigenvalue weighted by molar-refractivity contribution is -0.114. The summed E-state index contributed by atoms with van der Waals surface area (Å²) in [5.41, 5.74) is 8.44. The molecule has 0 aliphatic heterocycles. The molecule has 0 saturated carbocycles. The second kappa shape index (κ2) is 11.3. The summed E-state index contributed by atoms with van der Waals surface area (Å²) >= 11 is 0. The van der Waals surface area contributed by atoms with Crippen LogP contribution in [0.4, 0.5) is 15.9 Å². The number of carbonyl (C=O) groups excluding carboxylic acids is 1. The number of rotatable bonds is 10. The van der Waals surface area contributed by atoms with E-state index in [1.54, 1.807) is 43.3 Å². The van der Waals surface area contributed by atoms with Crippen molar-refractivity contribution < 1.29 is 13.9 Å². The van der Waals surface area contributed by atoms with Crippen molar-refractivity contribution >= 4 is 23.1 Å². The number of hydrogen-bond acceptors (Lipinski definition) is 7. The van der Waals surface area contributed by atoms with Crippen LogP contribution < -0.4 is 16.0 Å². The van der Waals surface area contributed by atoms with E-state index in [0.29, 0.717) is 42.0 Å². The molecular weight excluding hydrogens is 423 g/mol. The van der Waals surface area contributed by atoms with Gasteiger partial charge in [0.1, 0.15) is 29.7 Å². The highest BCUT2D eigenvalue weighted by Gasteiger charge is 2.24. The van der Waals surface area contributed by atoms with E-state index in [4.69, 9.17) is 20.4 Å². The first-order valence-electron chi connectivity index (χ1n) is 10.8. The van der Waals surface area contributed by atoms with Crippen LogP contribution in [-0.4, -0.2) is 55.4 Å². The second-order valence-electron chi connectivity index (χ2n) is 7.56. The van der Waals surface area contributed by atoms with Crippen molar-refractivity contribution in [3.8, 4) is 0 Å². The quantitative estimate of drug-likeness (QED) is 0.326. The molecule has 0 atom stereocenters. The average molecular weight is 453 g/mol. The van der Waals surface area contributed by atoms with Crippen LogP contribution in [0.25, 0.3) is 0 Å². The lowest BCUT2D eigenvalue weighted by atomic mass is 10.2. The van der Waals surface area contributed by atoms with E-state index < -0.39 is 5.82 Å². The number of nitrogens with one attached hydrogen (secondary N) is 1. The molecule has 1 aromatic carbocycles. The Morgan fingerprint density at radius 1 is 1.39 bits per heavy atom. The molecule has 1 aromatic heterocycles. The molecule has 0 bridgehead atoms. The number of aliphatic imine (C=N–C) groups is 1. The summed E-state index contributed by atoms with van der Waals surface area (Å²) < 4.78 is 19.0. The first-order chi connectivity index (χ1) is 15.9. The minimum Gasteiger partial charge on any atom is -0.492 e. The van der Waals surface area contributed by atoms with Gasteiger partial charge in [-0.3, -0.25) is 9.79 Å². The Hall–Kier alpha value is -3.59. The monoisotopic (exact) mass is 452 g/mol. The zero-order chi connectivity index (χ0) is 23.8. The lowest BCUT2D eigenvalue weighted by Gasteiger charge is -2.21. The number of ether oxygens (including phenoxy) is 1. The number of anilines is 2. The molecular formula is C24H29FN6O2. The second-order valence-corrected chi connectivity index (χ2v) is 7.56. The SMILES string of the molecule is C=C/C(=C\C(=NC)c1nc2c(c(N(C)CC(=O)Nc3cccc(F)c3)n1)CCC2)OCCN. The van der Waals surface area contributed by atoms with E-state index in [2.05, 4.69) is 16.9 Å². The third kappa shape index (κ3) is 6.23. The van der Waals surface area contributed by atoms with Gasteiger partial charge in [-0.2, -0.15) is 0 Å². The topological polar surface area (TPSA) is 106 Å². The van der Waals surface area contributed by atoms with E-state index in [-0.39, 0.29) is 12.5 Å². The highest BCUT2D eigenvalue weighted by molar-refractivity contribution is 6.06. The van der Waals surface area contributed by atoms with Crippen molar-refractivity contribution in [2.45, 2.75) is 19.3 Å². The number of nitrogens with zero attached hydrogens (tertiary/aromatic N) is 4. The number of fused-ring (bicyclic) bond motifs is 1. The molecule has 0 fully saturated rings. The summed E-state index contributed by atoms with van der Waals surface area (Å²) in [6.07, 6.45) is 5.94. The van der Waals surface area contributed by atoms with E-state index in [9.17, 15) is 9.18 Å². The standard InChI is InChI=1S/C24H29FN6O2/c1-4-18(33-12-11-26)14-21(27-2)23-29-20-10-6-9-19(20)24(30-23)31(3)15-22(32)28-17-8-5-7-16(25)13-17/h4-5,7-8,13-14H,1,6,9-12,15,26H2,2-3H3,(H,28,32)/b18-14+,27-21?. The summed E-state index contributed by atoms with van der Waals surface area (Å²) in [5, 5.41) is 2.72. The van der Waals surface area contributed by atoms with E-state index >= 15 is 0 Å². The maximum Gasteiger partial charge on any atom is 0.243 e. The van der Waals surface area contributed by atoms with Crippen LogP contribution in [-0.2, 0) is 22.4 Å². The number of allylic oxidation sites excluding steroid dienone is 2. The fraction of sp³-hybridized carbons (Fsp3) is 0.333. The van der Waals surface area contributed by atoms with Crippen molar-refractivity contribution in [1.82, 2.24) is 9.97 Å². The van der Waals surface area contributed by atoms with E-state index in [1.165, 1.54) is 12.1 Å². The Morgan fingerprint density at radius 2 is 2.21 bits per heavy atom. The largest absolute Gasteiger partial charge is 0.492 e. The van der Waals surface area contributed by atoms with Gasteiger partial charge in [-0.25, -0.2) is 14.4 Å². The maximum atomic E-state index is 13.4. The van der Waals surface area contributed by atoms with Crippen molar-refractivity contribution in [1.29, 1.82) is 0 Å². The molecule has 0 saturated heterocycles. The average Bonchev–Trinajstić information content (AvgIpc) is 3.27. The number of nitrogens with two attached hydrogens (primary N) is 1. The van der Waals surface area contributed by atoms with Gasteiger partial charge in [-0.15, -0.1) is 0 Å². The van der Waals surface area contributed by atoms with E-state index in [0.717, 1.165) is 30.5 Å². The smallest absolute Gasteiger partial charge is 0.243 e. The number of carbonyl (C=O) groups is 1. The van der Waals surface area contributed by atoms with Gasteiger partial charge < -0.3 is 20.7 Å². The Balaban J connectivity index is 1.85.